The Kier molecular flexibility index (Phi) is 3.71. The highest BCUT2D eigenvalue weighted by Gasteiger charge is 2.43. The van der Waals surface area contributed by atoms with Gasteiger partial charge in [0.05, 0.1) is 17.3 Å². The van der Waals surface area contributed by atoms with Crippen LogP contribution in [0.5, 0.6) is 0 Å². The van der Waals surface area contributed by atoms with E-state index >= 15 is 0 Å². The number of rotatable bonds is 3. The van der Waals surface area contributed by atoms with E-state index in [-0.39, 0.29) is 17.1 Å². The number of esters is 1. The molecule has 106 valence electrons. The van der Waals surface area contributed by atoms with Gasteiger partial charge in [0.2, 0.25) is 0 Å². The van der Waals surface area contributed by atoms with E-state index in [1.807, 2.05) is 0 Å². The first-order chi connectivity index (χ1) is 9.38. The lowest BCUT2D eigenvalue weighted by Crippen LogP contribution is -2.40. The molecule has 1 aliphatic heterocycles. The van der Waals surface area contributed by atoms with Gasteiger partial charge < -0.3 is 4.74 Å². The quantitative estimate of drug-likeness (QED) is 0.455. The molecule has 0 amide bonds. The molecule has 0 saturated carbocycles. The molecular formula is C13H12O6S. The third-order valence-corrected chi connectivity index (χ3v) is 4.78. The highest BCUT2D eigenvalue weighted by molar-refractivity contribution is 7.91. The molecule has 0 spiro atoms. The second kappa shape index (κ2) is 5.16. The summed E-state index contributed by atoms with van der Waals surface area (Å²) < 4.78 is 28.6. The van der Waals surface area contributed by atoms with Crippen molar-refractivity contribution in [1.29, 1.82) is 0 Å². The molecule has 0 aromatic heterocycles. The topological polar surface area (TPSA) is 94.6 Å². The lowest BCUT2D eigenvalue weighted by atomic mass is 9.94. The molecule has 0 bridgehead atoms. The molecule has 2 rings (SSSR count). The van der Waals surface area contributed by atoms with E-state index < -0.39 is 39.0 Å². The second-order valence-electron chi connectivity index (χ2n) is 4.28. The number of carbonyl (C=O) groups is 3. The SMILES string of the molecule is CCOC(=O)C(=O)C1CS(=O)(=O)c2ccccc2C1=O. The monoisotopic (exact) mass is 296 g/mol. The smallest absolute Gasteiger partial charge is 0.375 e. The van der Waals surface area contributed by atoms with Crippen LogP contribution >= 0.6 is 0 Å². The van der Waals surface area contributed by atoms with E-state index in [1.54, 1.807) is 0 Å². The van der Waals surface area contributed by atoms with Crippen LogP contribution in [0.25, 0.3) is 0 Å². The van der Waals surface area contributed by atoms with Crippen LogP contribution in [0.2, 0.25) is 0 Å². The number of hydrogen-bond donors (Lipinski definition) is 0. The summed E-state index contributed by atoms with van der Waals surface area (Å²) in [6.45, 7) is 1.49. The van der Waals surface area contributed by atoms with Crippen LogP contribution in [0.3, 0.4) is 0 Å². The zero-order valence-electron chi connectivity index (χ0n) is 10.7. The van der Waals surface area contributed by atoms with Crippen molar-refractivity contribution in [3.63, 3.8) is 0 Å². The maximum absolute atomic E-state index is 12.2. The number of ketones is 2. The molecule has 0 fully saturated rings. The molecule has 20 heavy (non-hydrogen) atoms. The van der Waals surface area contributed by atoms with Crippen LogP contribution in [0.4, 0.5) is 0 Å². The predicted octanol–water partition coefficient (Wildman–Crippen LogP) is 0.405. The Balaban J connectivity index is 2.44. The first kappa shape index (κ1) is 14.4. The Labute approximate surface area is 115 Å². The van der Waals surface area contributed by atoms with Gasteiger partial charge in [0.25, 0.3) is 5.78 Å². The number of ether oxygens (including phenoxy) is 1. The average Bonchev–Trinajstić information content (AvgIpc) is 2.42. The minimum absolute atomic E-state index is 0.0190. The number of Topliss-reactive ketones (excluding diaryl/α,β-unsaturated/α-hetero) is 2. The van der Waals surface area contributed by atoms with Gasteiger partial charge in [0.15, 0.2) is 15.6 Å². The Morgan fingerprint density at radius 3 is 2.60 bits per heavy atom. The van der Waals surface area contributed by atoms with Crippen LogP contribution < -0.4 is 0 Å². The lowest BCUT2D eigenvalue weighted by Gasteiger charge is -2.21. The molecule has 0 saturated heterocycles. The largest absolute Gasteiger partial charge is 0.460 e. The third-order valence-electron chi connectivity index (χ3n) is 2.98. The van der Waals surface area contributed by atoms with Gasteiger partial charge in [-0.15, -0.1) is 0 Å². The summed E-state index contributed by atoms with van der Waals surface area (Å²) in [6.07, 6.45) is 0. The maximum atomic E-state index is 12.2. The van der Waals surface area contributed by atoms with Gasteiger partial charge >= 0.3 is 5.97 Å². The van der Waals surface area contributed by atoms with E-state index in [4.69, 9.17) is 0 Å². The van der Waals surface area contributed by atoms with Crippen molar-refractivity contribution in [2.45, 2.75) is 11.8 Å². The van der Waals surface area contributed by atoms with Crippen LogP contribution in [-0.4, -0.2) is 38.3 Å². The number of carbonyl (C=O) groups excluding carboxylic acids is 3. The average molecular weight is 296 g/mol. The molecule has 0 radical (unpaired) electrons. The minimum atomic E-state index is -3.77. The molecule has 0 aliphatic carbocycles. The normalized spacial score (nSPS) is 20.1. The summed E-state index contributed by atoms with van der Waals surface area (Å²) in [4.78, 5) is 35.3. The van der Waals surface area contributed by atoms with Gasteiger partial charge in [-0.25, -0.2) is 13.2 Å². The summed E-state index contributed by atoms with van der Waals surface area (Å²) in [6, 6.07) is 5.65. The highest BCUT2D eigenvalue weighted by Crippen LogP contribution is 2.28. The van der Waals surface area contributed by atoms with Crippen molar-refractivity contribution in [1.82, 2.24) is 0 Å². The van der Waals surface area contributed by atoms with Gasteiger partial charge in [-0.3, -0.25) is 9.59 Å². The van der Waals surface area contributed by atoms with Crippen molar-refractivity contribution >= 4 is 27.4 Å². The van der Waals surface area contributed by atoms with E-state index in [0.717, 1.165) is 0 Å². The number of sulfone groups is 1. The zero-order chi connectivity index (χ0) is 14.9. The first-order valence-electron chi connectivity index (χ1n) is 5.95. The van der Waals surface area contributed by atoms with Crippen molar-refractivity contribution < 1.29 is 27.5 Å². The van der Waals surface area contributed by atoms with Gasteiger partial charge in [-0.05, 0) is 13.0 Å². The van der Waals surface area contributed by atoms with Crippen molar-refractivity contribution in [3.8, 4) is 0 Å². The Morgan fingerprint density at radius 1 is 1.30 bits per heavy atom. The van der Waals surface area contributed by atoms with E-state index in [2.05, 4.69) is 4.74 Å². The molecule has 6 nitrogen and oxygen atoms in total. The summed E-state index contributed by atoms with van der Waals surface area (Å²) in [5.41, 5.74) is -0.0543. The van der Waals surface area contributed by atoms with Crippen molar-refractivity contribution in [2.24, 2.45) is 5.92 Å². The molecule has 7 heteroatoms. The van der Waals surface area contributed by atoms with Crippen LogP contribution in [-0.2, 0) is 24.2 Å². The summed E-state index contributed by atoms with van der Waals surface area (Å²) >= 11 is 0. The molecule has 1 heterocycles. The fourth-order valence-electron chi connectivity index (χ4n) is 2.05. The maximum Gasteiger partial charge on any atom is 0.375 e. The van der Waals surface area contributed by atoms with Crippen molar-refractivity contribution in [3.05, 3.63) is 29.8 Å². The first-order valence-corrected chi connectivity index (χ1v) is 7.60. The number of hydrogen-bond acceptors (Lipinski definition) is 6. The van der Waals surface area contributed by atoms with E-state index in [9.17, 15) is 22.8 Å². The molecule has 0 N–H and O–H groups in total. The van der Waals surface area contributed by atoms with Crippen molar-refractivity contribution in [2.75, 3.05) is 12.4 Å². The van der Waals surface area contributed by atoms with Gasteiger partial charge in [0.1, 0.15) is 5.92 Å². The second-order valence-corrected chi connectivity index (χ2v) is 6.28. The Bertz CT molecular complexity index is 689. The third kappa shape index (κ3) is 2.36. The molecular weight excluding hydrogens is 284 g/mol. The highest BCUT2D eigenvalue weighted by atomic mass is 32.2. The number of fused-ring (bicyclic) bond motifs is 1. The summed E-state index contributed by atoms with van der Waals surface area (Å²) in [7, 11) is -3.77. The fraction of sp³-hybridized carbons (Fsp3) is 0.308. The van der Waals surface area contributed by atoms with Crippen LogP contribution in [0.1, 0.15) is 17.3 Å². The van der Waals surface area contributed by atoms with Crippen LogP contribution in [0.15, 0.2) is 29.2 Å². The molecule has 1 unspecified atom stereocenters. The van der Waals surface area contributed by atoms with Crippen LogP contribution in [0, 0.1) is 5.92 Å². The minimum Gasteiger partial charge on any atom is -0.460 e. The number of benzene rings is 1. The lowest BCUT2D eigenvalue weighted by molar-refractivity contribution is -0.154. The van der Waals surface area contributed by atoms with Gasteiger partial charge in [0, 0.05) is 5.56 Å². The molecule has 1 aromatic carbocycles. The molecule has 1 atom stereocenters. The predicted molar refractivity (Wildman–Crippen MR) is 68.0 cm³/mol. The van der Waals surface area contributed by atoms with Gasteiger partial charge in [-0.1, -0.05) is 18.2 Å². The molecule has 1 aliphatic rings. The Hall–Kier alpha value is -2.02. The zero-order valence-corrected chi connectivity index (χ0v) is 11.5. The van der Waals surface area contributed by atoms with E-state index in [1.165, 1.54) is 31.2 Å². The summed E-state index contributed by atoms with van der Waals surface area (Å²) in [5.74, 6) is -5.17. The fourth-order valence-corrected chi connectivity index (χ4v) is 3.76. The summed E-state index contributed by atoms with van der Waals surface area (Å²) in [5, 5.41) is 0. The van der Waals surface area contributed by atoms with Gasteiger partial charge in [-0.2, -0.15) is 0 Å². The van der Waals surface area contributed by atoms with E-state index in [0.29, 0.717) is 0 Å². The molecule has 1 aromatic rings. The Morgan fingerprint density at radius 2 is 1.95 bits per heavy atom. The standard InChI is InChI=1S/C13H12O6S/c1-2-19-13(16)12(15)9-7-20(17,18)10-6-4-3-5-8(10)11(9)14/h3-6,9H,2,7H2,1H3.